The Hall–Kier alpha value is -2.89. The number of nitrogens with zero attached hydrogens (tertiary/aromatic N) is 1. The summed E-state index contributed by atoms with van der Waals surface area (Å²) in [6.45, 7) is 0.400. The highest BCUT2D eigenvalue weighted by Crippen LogP contribution is 2.40. The Morgan fingerprint density at radius 1 is 1.18 bits per heavy atom. The van der Waals surface area contributed by atoms with Crippen molar-refractivity contribution in [3.8, 4) is 17.2 Å². The third kappa shape index (κ3) is 5.74. The summed E-state index contributed by atoms with van der Waals surface area (Å²) in [7, 11) is -1.79. The van der Waals surface area contributed by atoms with Crippen LogP contribution in [0.4, 0.5) is 0 Å². The summed E-state index contributed by atoms with van der Waals surface area (Å²) in [5, 5.41) is 9.64. The molecule has 1 N–H and O–H groups in total. The molecule has 2 aliphatic heterocycles. The second kappa shape index (κ2) is 11.5. The lowest BCUT2D eigenvalue weighted by Crippen LogP contribution is -2.19. The average molecular weight is 646 g/mol. The van der Waals surface area contributed by atoms with Crippen molar-refractivity contribution in [2.24, 2.45) is 0 Å². The molecule has 2 aliphatic rings. The standard InChI is InChI=1S/C29H28INO6S/c1-35-26-15-19(14-23(30)29(26)32)13-20(24-9-5-6-12-31-24)10-11-25-28-21(16-36-22-7-3-2-4-8-22)18-38(33,34)27(28)17-37-25/h2-9,12-15,25,27,32H,10-11,16-18H2,1H3/b20-13-/t25-,27+/m1/s1. The molecule has 38 heavy (non-hydrogen) atoms. The summed E-state index contributed by atoms with van der Waals surface area (Å²) in [6, 6.07) is 18.8. The van der Waals surface area contributed by atoms with Gasteiger partial charge in [0.1, 0.15) is 17.6 Å². The second-order valence-electron chi connectivity index (χ2n) is 9.26. The van der Waals surface area contributed by atoms with Crippen molar-refractivity contribution >= 4 is 44.1 Å². The number of fused-ring (bicyclic) bond motifs is 1. The van der Waals surface area contributed by atoms with Crippen molar-refractivity contribution < 1.29 is 27.7 Å². The number of ether oxygens (including phenoxy) is 3. The maximum absolute atomic E-state index is 12.9. The minimum absolute atomic E-state index is 0.00830. The van der Waals surface area contributed by atoms with E-state index in [-0.39, 0.29) is 30.8 Å². The van der Waals surface area contributed by atoms with Gasteiger partial charge in [-0.05, 0) is 100 Å². The van der Waals surface area contributed by atoms with Crippen LogP contribution in [0.5, 0.6) is 17.2 Å². The number of hydrogen-bond acceptors (Lipinski definition) is 7. The van der Waals surface area contributed by atoms with E-state index in [0.29, 0.717) is 27.9 Å². The molecule has 2 aromatic carbocycles. The molecule has 7 nitrogen and oxygen atoms in total. The van der Waals surface area contributed by atoms with Gasteiger partial charge < -0.3 is 19.3 Å². The van der Waals surface area contributed by atoms with Crippen molar-refractivity contribution in [2.75, 3.05) is 26.1 Å². The highest BCUT2D eigenvalue weighted by atomic mass is 127. The van der Waals surface area contributed by atoms with Crippen LogP contribution in [0.2, 0.25) is 0 Å². The first-order chi connectivity index (χ1) is 18.4. The minimum Gasteiger partial charge on any atom is -0.504 e. The Labute approximate surface area is 236 Å². The topological polar surface area (TPSA) is 95.0 Å². The molecule has 3 heterocycles. The van der Waals surface area contributed by atoms with Gasteiger partial charge in [-0.2, -0.15) is 0 Å². The van der Waals surface area contributed by atoms with Crippen LogP contribution in [-0.4, -0.2) is 55.9 Å². The number of rotatable bonds is 9. The zero-order chi connectivity index (χ0) is 26.7. The van der Waals surface area contributed by atoms with Gasteiger partial charge in [-0.1, -0.05) is 24.3 Å². The van der Waals surface area contributed by atoms with Crippen LogP contribution in [-0.2, 0) is 14.6 Å². The van der Waals surface area contributed by atoms with Crippen LogP contribution in [0.3, 0.4) is 0 Å². The molecule has 5 rings (SSSR count). The summed E-state index contributed by atoms with van der Waals surface area (Å²) >= 11 is 2.08. The first-order valence-corrected chi connectivity index (χ1v) is 15.1. The van der Waals surface area contributed by atoms with E-state index in [1.54, 1.807) is 12.3 Å². The van der Waals surface area contributed by atoms with Crippen molar-refractivity contribution in [1.29, 1.82) is 0 Å². The number of phenols is 1. The van der Waals surface area contributed by atoms with Gasteiger partial charge in [-0.3, -0.25) is 4.98 Å². The molecule has 0 spiro atoms. The van der Waals surface area contributed by atoms with Gasteiger partial charge in [0.25, 0.3) is 0 Å². The Morgan fingerprint density at radius 3 is 2.71 bits per heavy atom. The predicted octanol–water partition coefficient (Wildman–Crippen LogP) is 5.29. The summed E-state index contributed by atoms with van der Waals surface area (Å²) in [6.07, 6.45) is 4.68. The maximum Gasteiger partial charge on any atom is 0.171 e. The fourth-order valence-corrected chi connectivity index (χ4v) is 7.52. The van der Waals surface area contributed by atoms with Gasteiger partial charge in [-0.15, -0.1) is 0 Å². The summed E-state index contributed by atoms with van der Waals surface area (Å²) < 4.78 is 43.8. The number of allylic oxidation sites excluding steroid dienone is 1. The first kappa shape index (κ1) is 26.7. The van der Waals surface area contributed by atoms with E-state index in [1.807, 2.05) is 60.7 Å². The number of halogens is 1. The number of para-hydroxylation sites is 1. The normalized spacial score (nSPS) is 20.4. The number of aromatic hydroxyl groups is 1. The van der Waals surface area contributed by atoms with Gasteiger partial charge in [0.15, 0.2) is 21.3 Å². The molecule has 1 saturated heterocycles. The van der Waals surface area contributed by atoms with E-state index in [4.69, 9.17) is 14.2 Å². The van der Waals surface area contributed by atoms with E-state index in [0.717, 1.165) is 28.0 Å². The first-order valence-electron chi connectivity index (χ1n) is 12.3. The monoisotopic (exact) mass is 645 g/mol. The zero-order valence-electron chi connectivity index (χ0n) is 20.8. The number of hydrogen-bond donors (Lipinski definition) is 1. The van der Waals surface area contributed by atoms with Gasteiger partial charge in [-0.25, -0.2) is 8.42 Å². The molecule has 0 amide bonds. The van der Waals surface area contributed by atoms with E-state index >= 15 is 0 Å². The number of aromatic nitrogens is 1. The summed E-state index contributed by atoms with van der Waals surface area (Å²) in [4.78, 5) is 4.55. The lowest BCUT2D eigenvalue weighted by atomic mass is 9.95. The van der Waals surface area contributed by atoms with E-state index < -0.39 is 15.1 Å². The number of phenolic OH excluding ortho intramolecular Hbond substituents is 1. The Bertz CT molecular complexity index is 1470. The molecule has 3 aromatic rings. The number of pyridine rings is 1. The Kier molecular flexibility index (Phi) is 8.06. The smallest absolute Gasteiger partial charge is 0.171 e. The van der Waals surface area contributed by atoms with Crippen molar-refractivity contribution in [1.82, 2.24) is 4.98 Å². The molecule has 198 valence electrons. The molecule has 9 heteroatoms. The number of methoxy groups -OCH3 is 1. The number of sulfone groups is 1. The molecule has 0 unspecified atom stereocenters. The summed E-state index contributed by atoms with van der Waals surface area (Å²) in [5.41, 5.74) is 4.31. The van der Waals surface area contributed by atoms with Crippen molar-refractivity contribution in [3.05, 3.63) is 92.8 Å². The highest BCUT2D eigenvalue weighted by molar-refractivity contribution is 14.1. The molecule has 2 atom stereocenters. The van der Waals surface area contributed by atoms with Crippen LogP contribution in [0, 0.1) is 3.57 Å². The predicted molar refractivity (Wildman–Crippen MR) is 155 cm³/mol. The van der Waals surface area contributed by atoms with Crippen LogP contribution in [0.1, 0.15) is 24.1 Å². The highest BCUT2D eigenvalue weighted by Gasteiger charge is 2.47. The second-order valence-corrected chi connectivity index (χ2v) is 12.6. The molecule has 0 saturated carbocycles. The third-order valence-corrected chi connectivity index (χ3v) is 9.63. The molecule has 0 aliphatic carbocycles. The van der Waals surface area contributed by atoms with Crippen LogP contribution in [0.15, 0.2) is 78.0 Å². The minimum atomic E-state index is -3.31. The van der Waals surface area contributed by atoms with E-state index in [1.165, 1.54) is 7.11 Å². The van der Waals surface area contributed by atoms with Crippen LogP contribution < -0.4 is 9.47 Å². The fraction of sp³-hybridized carbons (Fsp3) is 0.276. The van der Waals surface area contributed by atoms with Gasteiger partial charge in [0, 0.05) is 6.20 Å². The largest absolute Gasteiger partial charge is 0.504 e. The van der Waals surface area contributed by atoms with Gasteiger partial charge in [0.2, 0.25) is 0 Å². The molecular formula is C29H28INO6S. The average Bonchev–Trinajstić information content (AvgIpc) is 3.47. The maximum atomic E-state index is 12.9. The third-order valence-electron chi connectivity index (χ3n) is 6.80. The van der Waals surface area contributed by atoms with Crippen LogP contribution in [0.25, 0.3) is 11.6 Å². The summed E-state index contributed by atoms with van der Waals surface area (Å²) in [5.74, 6) is 1.22. The molecule has 1 aromatic heterocycles. The van der Waals surface area contributed by atoms with Gasteiger partial charge in [0.05, 0.1) is 34.8 Å². The van der Waals surface area contributed by atoms with Crippen LogP contribution >= 0.6 is 22.6 Å². The van der Waals surface area contributed by atoms with E-state index in [9.17, 15) is 13.5 Å². The Morgan fingerprint density at radius 2 is 1.97 bits per heavy atom. The number of benzene rings is 2. The van der Waals surface area contributed by atoms with Gasteiger partial charge >= 0.3 is 0 Å². The van der Waals surface area contributed by atoms with Crippen molar-refractivity contribution in [3.63, 3.8) is 0 Å². The van der Waals surface area contributed by atoms with E-state index in [2.05, 4.69) is 27.6 Å². The molecule has 0 bridgehead atoms. The van der Waals surface area contributed by atoms with Crippen molar-refractivity contribution in [2.45, 2.75) is 24.2 Å². The Balaban J connectivity index is 1.41. The molecule has 1 fully saturated rings. The SMILES string of the molecule is COc1cc(/C=C(/CC[C@H]2OC[C@H]3C2=C(COc2ccccc2)CS3(=O)=O)c2ccccn2)cc(I)c1O. The zero-order valence-corrected chi connectivity index (χ0v) is 23.8. The lowest BCUT2D eigenvalue weighted by Gasteiger charge is -2.16. The molecular weight excluding hydrogens is 617 g/mol. The fourth-order valence-electron chi connectivity index (χ4n) is 4.97. The quantitative estimate of drug-likeness (QED) is 0.250. The lowest BCUT2D eigenvalue weighted by molar-refractivity contribution is 0.118. The molecule has 0 radical (unpaired) electrons.